The van der Waals surface area contributed by atoms with E-state index in [1.807, 2.05) is 18.2 Å². The van der Waals surface area contributed by atoms with Gasteiger partial charge in [-0.25, -0.2) is 0 Å². The van der Waals surface area contributed by atoms with E-state index < -0.39 is 5.91 Å². The van der Waals surface area contributed by atoms with Crippen LogP contribution in [0, 0.1) is 11.3 Å². The molecule has 1 aromatic heterocycles. The number of hydrogen-bond donors (Lipinski definition) is 1. The summed E-state index contributed by atoms with van der Waals surface area (Å²) in [6, 6.07) is 11.1. The van der Waals surface area contributed by atoms with Crippen LogP contribution in [0.5, 0.6) is 5.75 Å². The highest BCUT2D eigenvalue weighted by atomic mass is 79.9. The summed E-state index contributed by atoms with van der Waals surface area (Å²) in [6.45, 7) is 1.70. The van der Waals surface area contributed by atoms with E-state index in [2.05, 4.69) is 31.9 Å². The Hall–Kier alpha value is -2.59. The third kappa shape index (κ3) is 4.09. The summed E-state index contributed by atoms with van der Waals surface area (Å²) in [5, 5.41) is 8.96. The van der Waals surface area contributed by atoms with Gasteiger partial charge in [-0.1, -0.05) is 0 Å². The molecule has 7 heteroatoms. The van der Waals surface area contributed by atoms with Crippen molar-refractivity contribution in [3.8, 4) is 11.8 Å². The van der Waals surface area contributed by atoms with Gasteiger partial charge in [0.25, 0.3) is 5.91 Å². The number of primary amides is 1. The van der Waals surface area contributed by atoms with E-state index in [0.717, 1.165) is 36.1 Å². The van der Waals surface area contributed by atoms with Crippen molar-refractivity contribution >= 4 is 27.5 Å². The molecule has 0 spiro atoms. The largest absolute Gasteiger partial charge is 0.490 e. The zero-order valence-electron chi connectivity index (χ0n) is 13.5. The number of nitrogens with two attached hydrogens (primary N) is 1. The van der Waals surface area contributed by atoms with Crippen molar-refractivity contribution in [1.82, 2.24) is 4.98 Å². The number of anilines is 1. The molecule has 0 saturated carbocycles. The maximum Gasteiger partial charge on any atom is 0.267 e. The van der Waals surface area contributed by atoms with Crippen LogP contribution in [-0.2, 0) is 0 Å². The number of nitrogens with zero attached hydrogens (tertiary/aromatic N) is 3. The Morgan fingerprint density at radius 1 is 1.32 bits per heavy atom. The monoisotopic (exact) mass is 400 g/mol. The summed E-state index contributed by atoms with van der Waals surface area (Å²) >= 11 is 3.54. The summed E-state index contributed by atoms with van der Waals surface area (Å²) in [6.07, 6.45) is 3.33. The number of aromatic nitrogens is 1. The number of pyridine rings is 1. The molecule has 2 aromatic rings. The number of amides is 1. The predicted octanol–water partition coefficient (Wildman–Crippen LogP) is 2.86. The Balaban J connectivity index is 1.61. The summed E-state index contributed by atoms with van der Waals surface area (Å²) < 4.78 is 6.89. The van der Waals surface area contributed by atoms with Crippen molar-refractivity contribution in [3.63, 3.8) is 0 Å². The van der Waals surface area contributed by atoms with Crippen LogP contribution < -0.4 is 15.4 Å². The van der Waals surface area contributed by atoms with E-state index >= 15 is 0 Å². The van der Waals surface area contributed by atoms with Crippen molar-refractivity contribution in [2.45, 2.75) is 18.9 Å². The van der Waals surface area contributed by atoms with Crippen LogP contribution in [0.4, 0.5) is 5.69 Å². The lowest BCUT2D eigenvalue weighted by Gasteiger charge is -2.34. The second-order valence-electron chi connectivity index (χ2n) is 5.82. The molecule has 0 aliphatic carbocycles. The summed E-state index contributed by atoms with van der Waals surface area (Å²) in [7, 11) is 0. The SMILES string of the molecule is N#Cc1ccc(N2CCC(Oc3ccnc(C(N)=O)c3)CC2)c(Br)c1. The van der Waals surface area contributed by atoms with Gasteiger partial charge in [-0.2, -0.15) is 5.26 Å². The maximum atomic E-state index is 11.2. The number of carbonyl (C=O) groups excluding carboxylic acids is 1. The molecule has 1 saturated heterocycles. The van der Waals surface area contributed by atoms with E-state index in [0.29, 0.717) is 11.3 Å². The van der Waals surface area contributed by atoms with Crippen molar-refractivity contribution in [3.05, 3.63) is 52.3 Å². The minimum absolute atomic E-state index is 0.0801. The topological polar surface area (TPSA) is 92.2 Å². The molecule has 1 aliphatic heterocycles. The zero-order valence-corrected chi connectivity index (χ0v) is 15.1. The fourth-order valence-corrected chi connectivity index (χ4v) is 3.49. The quantitative estimate of drug-likeness (QED) is 0.851. The number of halogens is 1. The number of nitriles is 1. The molecule has 25 heavy (non-hydrogen) atoms. The van der Waals surface area contributed by atoms with Gasteiger partial charge in [0, 0.05) is 42.7 Å². The molecule has 2 heterocycles. The number of ether oxygens (including phenoxy) is 1. The Kier molecular flexibility index (Phi) is 5.19. The summed E-state index contributed by atoms with van der Waals surface area (Å²) in [5.41, 5.74) is 7.17. The van der Waals surface area contributed by atoms with Crippen molar-refractivity contribution in [1.29, 1.82) is 5.26 Å². The molecule has 0 atom stereocenters. The third-order valence-electron chi connectivity index (χ3n) is 4.15. The third-order valence-corrected chi connectivity index (χ3v) is 4.78. The van der Waals surface area contributed by atoms with Crippen molar-refractivity contribution in [2.75, 3.05) is 18.0 Å². The zero-order chi connectivity index (χ0) is 17.8. The van der Waals surface area contributed by atoms with Crippen LogP contribution >= 0.6 is 15.9 Å². The van der Waals surface area contributed by atoms with Gasteiger partial charge in [-0.15, -0.1) is 0 Å². The normalized spacial score (nSPS) is 14.8. The smallest absolute Gasteiger partial charge is 0.267 e. The predicted molar refractivity (Wildman–Crippen MR) is 97.5 cm³/mol. The number of benzene rings is 1. The van der Waals surface area contributed by atoms with E-state index in [4.69, 9.17) is 15.7 Å². The fraction of sp³-hybridized carbons (Fsp3) is 0.278. The minimum Gasteiger partial charge on any atom is -0.490 e. The fourth-order valence-electron chi connectivity index (χ4n) is 2.86. The van der Waals surface area contributed by atoms with Crippen LogP contribution in [0.1, 0.15) is 28.9 Å². The Morgan fingerprint density at radius 2 is 2.08 bits per heavy atom. The van der Waals surface area contributed by atoms with Crippen LogP contribution in [-0.4, -0.2) is 30.1 Å². The lowest BCUT2D eigenvalue weighted by molar-refractivity contribution is 0.0994. The molecule has 0 unspecified atom stereocenters. The van der Waals surface area contributed by atoms with Gasteiger partial charge < -0.3 is 15.4 Å². The Morgan fingerprint density at radius 3 is 2.72 bits per heavy atom. The first-order chi connectivity index (χ1) is 12.1. The summed E-state index contributed by atoms with van der Waals surface area (Å²) in [4.78, 5) is 17.4. The first-order valence-electron chi connectivity index (χ1n) is 7.94. The molecule has 1 fully saturated rings. The average molecular weight is 401 g/mol. The van der Waals surface area contributed by atoms with E-state index in [-0.39, 0.29) is 11.8 Å². The molecule has 0 bridgehead atoms. The first-order valence-corrected chi connectivity index (χ1v) is 8.73. The first kappa shape index (κ1) is 17.2. The lowest BCUT2D eigenvalue weighted by atomic mass is 10.1. The van der Waals surface area contributed by atoms with Gasteiger partial charge in [-0.3, -0.25) is 9.78 Å². The number of piperidine rings is 1. The van der Waals surface area contributed by atoms with Gasteiger partial charge >= 0.3 is 0 Å². The molecular weight excluding hydrogens is 384 g/mol. The molecule has 1 aliphatic rings. The highest BCUT2D eigenvalue weighted by Gasteiger charge is 2.22. The highest BCUT2D eigenvalue weighted by Crippen LogP contribution is 2.30. The van der Waals surface area contributed by atoms with Crippen LogP contribution in [0.2, 0.25) is 0 Å². The molecule has 0 radical (unpaired) electrons. The average Bonchev–Trinajstić information content (AvgIpc) is 2.62. The Labute approximate surface area is 154 Å². The van der Waals surface area contributed by atoms with Gasteiger partial charge in [0.2, 0.25) is 0 Å². The molecule has 2 N–H and O–H groups in total. The van der Waals surface area contributed by atoms with Crippen LogP contribution in [0.25, 0.3) is 0 Å². The van der Waals surface area contributed by atoms with Gasteiger partial charge in [0.1, 0.15) is 17.5 Å². The second-order valence-corrected chi connectivity index (χ2v) is 6.68. The van der Waals surface area contributed by atoms with Crippen molar-refractivity contribution < 1.29 is 9.53 Å². The van der Waals surface area contributed by atoms with Gasteiger partial charge in [0.05, 0.1) is 17.3 Å². The number of carbonyl (C=O) groups is 1. The maximum absolute atomic E-state index is 11.2. The van der Waals surface area contributed by atoms with Crippen LogP contribution in [0.3, 0.4) is 0 Å². The van der Waals surface area contributed by atoms with E-state index in [9.17, 15) is 4.79 Å². The molecule has 1 amide bonds. The van der Waals surface area contributed by atoms with Crippen molar-refractivity contribution in [2.24, 2.45) is 5.73 Å². The van der Waals surface area contributed by atoms with Crippen LogP contribution in [0.15, 0.2) is 41.0 Å². The molecule has 3 rings (SSSR count). The van der Waals surface area contributed by atoms with Gasteiger partial charge in [-0.05, 0) is 40.2 Å². The lowest BCUT2D eigenvalue weighted by Crippen LogP contribution is -2.38. The van der Waals surface area contributed by atoms with Gasteiger partial charge in [0.15, 0.2) is 0 Å². The molecule has 6 nitrogen and oxygen atoms in total. The Bertz CT molecular complexity index is 826. The highest BCUT2D eigenvalue weighted by molar-refractivity contribution is 9.10. The number of hydrogen-bond acceptors (Lipinski definition) is 5. The van der Waals surface area contributed by atoms with E-state index in [1.54, 1.807) is 12.1 Å². The molecule has 1 aromatic carbocycles. The summed E-state index contributed by atoms with van der Waals surface area (Å²) in [5.74, 6) is 0.0488. The molecule has 128 valence electrons. The number of rotatable bonds is 4. The molecular formula is C18H17BrN4O2. The minimum atomic E-state index is -0.564. The standard InChI is InChI=1S/C18H17BrN4O2/c19-15-9-12(11-20)1-2-17(15)23-7-4-13(5-8-23)25-14-3-6-22-16(10-14)18(21)24/h1-3,6,9-10,13H,4-5,7-8H2,(H2,21,24). The van der Waals surface area contributed by atoms with E-state index in [1.165, 1.54) is 6.20 Å². The second kappa shape index (κ2) is 7.53.